The minimum Gasteiger partial charge on any atom is -0.493 e. The Bertz CT molecular complexity index is 1400. The lowest BCUT2D eigenvalue weighted by atomic mass is 10.2. The van der Waals surface area contributed by atoms with E-state index in [1.54, 1.807) is 31.5 Å². The van der Waals surface area contributed by atoms with Gasteiger partial charge in [-0.05, 0) is 48.0 Å². The number of para-hydroxylation sites is 1. The maximum absolute atomic E-state index is 13.3. The highest BCUT2D eigenvalue weighted by Gasteiger charge is 2.18. The lowest BCUT2D eigenvalue weighted by Crippen LogP contribution is -2.20. The average Bonchev–Trinajstić information content (AvgIpc) is 2.82. The highest BCUT2D eigenvalue weighted by molar-refractivity contribution is 9.10. The molecule has 168 valence electrons. The molecule has 0 radical (unpaired) electrons. The largest absolute Gasteiger partial charge is 0.493 e. The van der Waals surface area contributed by atoms with E-state index in [0.29, 0.717) is 43.3 Å². The summed E-state index contributed by atoms with van der Waals surface area (Å²) in [5.74, 6) is 1.34. The van der Waals surface area contributed by atoms with E-state index in [1.807, 2.05) is 56.3 Å². The Morgan fingerprint density at radius 1 is 1.12 bits per heavy atom. The molecule has 0 aliphatic rings. The third-order valence-electron chi connectivity index (χ3n) is 4.83. The molecule has 8 heteroatoms. The maximum Gasteiger partial charge on any atom is 0.282 e. The van der Waals surface area contributed by atoms with Crippen LogP contribution < -0.4 is 15.0 Å². The van der Waals surface area contributed by atoms with E-state index >= 15 is 0 Å². The molecule has 1 heterocycles. The number of methoxy groups -OCH3 is 1. The van der Waals surface area contributed by atoms with Crippen LogP contribution in [0.4, 0.5) is 0 Å². The van der Waals surface area contributed by atoms with E-state index in [0.717, 1.165) is 5.56 Å². The fourth-order valence-electron chi connectivity index (χ4n) is 3.32. The molecule has 0 N–H and O–H groups in total. The Hall–Kier alpha value is -3.16. The van der Waals surface area contributed by atoms with Crippen molar-refractivity contribution in [3.8, 4) is 22.9 Å². The normalized spacial score (nSPS) is 11.5. The Labute approximate surface area is 204 Å². The molecular weight excluding hydrogens is 506 g/mol. The van der Waals surface area contributed by atoms with E-state index in [-0.39, 0.29) is 11.7 Å². The van der Waals surface area contributed by atoms with Gasteiger partial charge in [0.25, 0.3) is 5.56 Å². The van der Waals surface area contributed by atoms with Crippen LogP contribution in [0.25, 0.3) is 22.3 Å². The summed E-state index contributed by atoms with van der Waals surface area (Å²) in [7, 11) is 1.54. The topological polar surface area (TPSA) is 65.7 Å². The van der Waals surface area contributed by atoms with E-state index < -0.39 is 0 Å². The molecule has 6 nitrogen and oxygen atoms in total. The minimum absolute atomic E-state index is 0.0847. The van der Waals surface area contributed by atoms with Gasteiger partial charge in [-0.3, -0.25) is 4.79 Å². The van der Waals surface area contributed by atoms with E-state index in [1.165, 1.54) is 4.68 Å². The van der Waals surface area contributed by atoms with Crippen molar-refractivity contribution in [1.82, 2.24) is 9.66 Å². The molecule has 0 spiro atoms. The number of ether oxygens (including phenoxy) is 2. The van der Waals surface area contributed by atoms with Gasteiger partial charge in [-0.1, -0.05) is 54.1 Å². The number of aromatic nitrogens is 2. The molecule has 0 saturated heterocycles. The molecule has 0 bridgehead atoms. The van der Waals surface area contributed by atoms with Crippen LogP contribution in [0, 0.1) is 0 Å². The Kier molecular flexibility index (Phi) is 6.81. The van der Waals surface area contributed by atoms with Crippen molar-refractivity contribution in [3.63, 3.8) is 0 Å². The number of halogens is 2. The molecule has 1 aromatic heterocycles. The number of nitrogens with zero attached hydrogens (tertiary/aromatic N) is 3. The SMILES string of the molecule is COc1cc(C=Nn2c(-c3ccccc3)nc3ccccc3c2=O)c(Br)c(Cl)c1OC(C)C. The fraction of sp³-hybridized carbons (Fsp3) is 0.160. The quantitative estimate of drug-likeness (QED) is 0.282. The second-order valence-electron chi connectivity index (χ2n) is 7.47. The zero-order chi connectivity index (χ0) is 23.5. The number of rotatable bonds is 6. The number of fused-ring (bicyclic) bond motifs is 1. The zero-order valence-electron chi connectivity index (χ0n) is 18.3. The summed E-state index contributed by atoms with van der Waals surface area (Å²) in [4.78, 5) is 18.0. The number of hydrogen-bond donors (Lipinski definition) is 0. The molecule has 0 fully saturated rings. The van der Waals surface area contributed by atoms with Crippen molar-refractivity contribution >= 4 is 44.6 Å². The molecule has 0 aliphatic heterocycles. The van der Waals surface area contributed by atoms with E-state index in [4.69, 9.17) is 26.1 Å². The molecule has 0 unspecified atom stereocenters. The first kappa shape index (κ1) is 23.0. The van der Waals surface area contributed by atoms with Gasteiger partial charge >= 0.3 is 0 Å². The van der Waals surface area contributed by atoms with Crippen LogP contribution in [-0.4, -0.2) is 29.1 Å². The smallest absolute Gasteiger partial charge is 0.282 e. The molecule has 4 rings (SSSR count). The summed E-state index contributed by atoms with van der Waals surface area (Å²) in [6.07, 6.45) is 1.46. The number of benzene rings is 3. The second-order valence-corrected chi connectivity index (χ2v) is 8.64. The van der Waals surface area contributed by atoms with Crippen LogP contribution in [0.3, 0.4) is 0 Å². The van der Waals surface area contributed by atoms with Crippen LogP contribution >= 0.6 is 27.5 Å². The lowest BCUT2D eigenvalue weighted by Gasteiger charge is -2.17. The van der Waals surface area contributed by atoms with Crippen LogP contribution in [0.1, 0.15) is 19.4 Å². The van der Waals surface area contributed by atoms with Gasteiger partial charge in [-0.25, -0.2) is 4.98 Å². The Morgan fingerprint density at radius 3 is 2.52 bits per heavy atom. The average molecular weight is 527 g/mol. The van der Waals surface area contributed by atoms with Gasteiger partial charge in [-0.2, -0.15) is 9.78 Å². The number of hydrogen-bond acceptors (Lipinski definition) is 5. The highest BCUT2D eigenvalue weighted by Crippen LogP contribution is 2.42. The maximum atomic E-state index is 13.3. The summed E-state index contributed by atoms with van der Waals surface area (Å²) in [5.41, 5.74) is 1.72. The van der Waals surface area contributed by atoms with Crippen molar-refractivity contribution in [2.45, 2.75) is 20.0 Å². The van der Waals surface area contributed by atoms with Crippen molar-refractivity contribution in [3.05, 3.63) is 86.1 Å². The lowest BCUT2D eigenvalue weighted by molar-refractivity contribution is 0.230. The first-order valence-electron chi connectivity index (χ1n) is 10.2. The molecular formula is C25H21BrClN3O3. The van der Waals surface area contributed by atoms with Crippen LogP contribution in [0.5, 0.6) is 11.5 Å². The second kappa shape index (κ2) is 9.77. The predicted molar refractivity (Wildman–Crippen MR) is 136 cm³/mol. The standard InChI is InChI=1S/C25H21BrClN3O3/c1-15(2)33-23-20(32-3)13-17(21(26)22(23)27)14-28-30-24(16-9-5-4-6-10-16)29-19-12-8-7-11-18(19)25(30)31/h4-15H,1-3H3. The molecule has 0 amide bonds. The summed E-state index contributed by atoms with van der Waals surface area (Å²) in [6, 6.07) is 18.4. The summed E-state index contributed by atoms with van der Waals surface area (Å²) in [5, 5.41) is 5.34. The van der Waals surface area contributed by atoms with Crippen molar-refractivity contribution in [1.29, 1.82) is 0 Å². The van der Waals surface area contributed by atoms with Crippen LogP contribution in [0.15, 0.2) is 75.0 Å². The molecule has 0 aliphatic carbocycles. The molecule has 0 saturated carbocycles. The zero-order valence-corrected chi connectivity index (χ0v) is 20.6. The highest BCUT2D eigenvalue weighted by atomic mass is 79.9. The van der Waals surface area contributed by atoms with Gasteiger partial charge in [0.2, 0.25) is 0 Å². The monoisotopic (exact) mass is 525 g/mol. The first-order chi connectivity index (χ1) is 15.9. The van der Waals surface area contributed by atoms with Gasteiger partial charge in [-0.15, -0.1) is 0 Å². The molecule has 33 heavy (non-hydrogen) atoms. The first-order valence-corrected chi connectivity index (χ1v) is 11.4. The minimum atomic E-state index is -0.273. The van der Waals surface area contributed by atoms with Gasteiger partial charge in [0, 0.05) is 15.6 Å². The van der Waals surface area contributed by atoms with Crippen LogP contribution in [0.2, 0.25) is 5.02 Å². The third kappa shape index (κ3) is 4.65. The molecule has 0 atom stereocenters. The Morgan fingerprint density at radius 2 is 1.82 bits per heavy atom. The summed E-state index contributed by atoms with van der Waals surface area (Å²) in [6.45, 7) is 3.81. The van der Waals surface area contributed by atoms with Crippen LogP contribution in [-0.2, 0) is 0 Å². The fourth-order valence-corrected chi connectivity index (χ4v) is 3.96. The predicted octanol–water partition coefficient (Wildman–Crippen LogP) is 6.16. The van der Waals surface area contributed by atoms with Crippen molar-refractivity contribution in [2.24, 2.45) is 5.10 Å². The van der Waals surface area contributed by atoms with Crippen molar-refractivity contribution < 1.29 is 9.47 Å². The summed E-state index contributed by atoms with van der Waals surface area (Å²) >= 11 is 10.1. The van der Waals surface area contributed by atoms with Gasteiger partial charge < -0.3 is 9.47 Å². The molecule has 4 aromatic rings. The van der Waals surface area contributed by atoms with E-state index in [2.05, 4.69) is 21.0 Å². The molecule has 3 aromatic carbocycles. The Balaban J connectivity index is 1.89. The van der Waals surface area contributed by atoms with Crippen molar-refractivity contribution in [2.75, 3.05) is 7.11 Å². The summed E-state index contributed by atoms with van der Waals surface area (Å²) < 4.78 is 13.2. The van der Waals surface area contributed by atoms with Gasteiger partial charge in [0.1, 0.15) is 5.02 Å². The van der Waals surface area contributed by atoms with Gasteiger partial charge in [0.05, 0.1) is 30.3 Å². The third-order valence-corrected chi connectivity index (χ3v) is 6.27. The van der Waals surface area contributed by atoms with E-state index in [9.17, 15) is 4.79 Å². The van der Waals surface area contributed by atoms with Gasteiger partial charge in [0.15, 0.2) is 17.3 Å².